The van der Waals surface area contributed by atoms with Crippen LogP contribution in [0.4, 0.5) is 5.69 Å². The number of benzene rings is 1. The Hall–Kier alpha value is -2.19. The van der Waals surface area contributed by atoms with Gasteiger partial charge < -0.3 is 20.1 Å². The number of hydrogen-bond acceptors (Lipinski definition) is 6. The van der Waals surface area contributed by atoms with Crippen molar-refractivity contribution in [2.24, 2.45) is 0 Å². The molecular weight excluding hydrogens is 302 g/mol. The van der Waals surface area contributed by atoms with Crippen LogP contribution in [0.3, 0.4) is 0 Å². The third-order valence-electron chi connectivity index (χ3n) is 3.98. The fourth-order valence-electron chi connectivity index (χ4n) is 2.79. The molecule has 8 nitrogen and oxygen atoms in total. The molecule has 23 heavy (non-hydrogen) atoms. The zero-order valence-corrected chi connectivity index (χ0v) is 13.3. The van der Waals surface area contributed by atoms with E-state index in [0.717, 1.165) is 19.4 Å². The monoisotopic (exact) mass is 323 g/mol. The van der Waals surface area contributed by atoms with Crippen molar-refractivity contribution in [2.75, 3.05) is 33.9 Å². The largest absolute Gasteiger partial charge is 0.490 e. The highest BCUT2D eigenvalue weighted by atomic mass is 16.6. The van der Waals surface area contributed by atoms with Gasteiger partial charge in [-0.15, -0.1) is 0 Å². The lowest BCUT2D eigenvalue weighted by atomic mass is 9.98. The molecule has 1 aliphatic heterocycles. The van der Waals surface area contributed by atoms with Gasteiger partial charge in [0.15, 0.2) is 5.75 Å². The summed E-state index contributed by atoms with van der Waals surface area (Å²) < 4.78 is 10.2. The summed E-state index contributed by atoms with van der Waals surface area (Å²) in [5.41, 5.74) is -0.106. The minimum atomic E-state index is -0.545. The van der Waals surface area contributed by atoms with Crippen LogP contribution in [0.5, 0.6) is 5.75 Å². The van der Waals surface area contributed by atoms with Crippen molar-refractivity contribution < 1.29 is 19.2 Å². The maximum atomic E-state index is 12.3. The highest BCUT2D eigenvalue weighted by Gasteiger charge is 2.33. The van der Waals surface area contributed by atoms with Gasteiger partial charge in [0.25, 0.3) is 5.91 Å². The van der Waals surface area contributed by atoms with Gasteiger partial charge in [-0.2, -0.15) is 0 Å². The van der Waals surface area contributed by atoms with Crippen molar-refractivity contribution in [3.05, 3.63) is 33.9 Å². The summed E-state index contributed by atoms with van der Waals surface area (Å²) in [6.45, 7) is 1.83. The van der Waals surface area contributed by atoms with E-state index < -0.39 is 4.92 Å². The highest BCUT2D eigenvalue weighted by molar-refractivity contribution is 5.95. The third kappa shape index (κ3) is 3.96. The maximum Gasteiger partial charge on any atom is 0.310 e. The molecule has 0 bridgehead atoms. The van der Waals surface area contributed by atoms with Crippen molar-refractivity contribution in [1.29, 1.82) is 0 Å². The molecule has 0 spiro atoms. The summed E-state index contributed by atoms with van der Waals surface area (Å²) in [5.74, 6) is -0.240. The Morgan fingerprint density at radius 2 is 2.26 bits per heavy atom. The van der Waals surface area contributed by atoms with Gasteiger partial charge in [-0.25, -0.2) is 0 Å². The second-order valence-corrected chi connectivity index (χ2v) is 5.57. The first kappa shape index (κ1) is 17.2. The Morgan fingerprint density at radius 1 is 1.48 bits per heavy atom. The topological polar surface area (TPSA) is 103 Å². The normalized spacial score (nSPS) is 20.3. The molecule has 1 aliphatic rings. The Labute approximate surface area is 134 Å². The first-order valence-electron chi connectivity index (χ1n) is 7.36. The van der Waals surface area contributed by atoms with E-state index in [2.05, 4.69) is 10.6 Å². The average Bonchev–Trinajstić information content (AvgIpc) is 3.01. The molecule has 2 N–H and O–H groups in total. The lowest BCUT2D eigenvalue weighted by molar-refractivity contribution is -0.385. The van der Waals surface area contributed by atoms with Crippen LogP contribution < -0.4 is 15.4 Å². The average molecular weight is 323 g/mol. The molecule has 1 aromatic rings. The standard InChI is InChI=1S/C15H21N3O5/c1-22-10-15(6-3-7-17-15)9-16-14(19)11-4-5-12(18(20)21)13(8-11)23-2/h4-5,8,17H,3,6-7,9-10H2,1-2H3,(H,16,19). The molecule has 1 aromatic carbocycles. The summed E-state index contributed by atoms with van der Waals surface area (Å²) in [6, 6.07) is 4.06. The first-order chi connectivity index (χ1) is 11.0. The molecule has 1 fully saturated rings. The molecule has 0 aliphatic carbocycles. The molecular formula is C15H21N3O5. The summed E-state index contributed by atoms with van der Waals surface area (Å²) >= 11 is 0. The molecule has 1 unspecified atom stereocenters. The minimum Gasteiger partial charge on any atom is -0.490 e. The number of hydrogen-bond donors (Lipinski definition) is 2. The van der Waals surface area contributed by atoms with Crippen LogP contribution in [0.2, 0.25) is 0 Å². The summed E-state index contributed by atoms with van der Waals surface area (Å²) in [4.78, 5) is 22.6. The summed E-state index contributed by atoms with van der Waals surface area (Å²) in [5, 5.41) is 17.1. The molecule has 2 rings (SSSR count). The van der Waals surface area contributed by atoms with Crippen LogP contribution >= 0.6 is 0 Å². The summed E-state index contributed by atoms with van der Waals surface area (Å²) in [6.07, 6.45) is 1.95. The fourth-order valence-corrected chi connectivity index (χ4v) is 2.79. The van der Waals surface area contributed by atoms with Gasteiger partial charge >= 0.3 is 5.69 Å². The Bertz CT molecular complexity index is 584. The zero-order chi connectivity index (χ0) is 16.9. The number of methoxy groups -OCH3 is 2. The number of nitrogens with one attached hydrogen (secondary N) is 2. The Morgan fingerprint density at radius 3 is 2.83 bits per heavy atom. The van der Waals surface area contributed by atoms with Gasteiger partial charge in [0.05, 0.1) is 24.2 Å². The first-order valence-corrected chi connectivity index (χ1v) is 7.36. The van der Waals surface area contributed by atoms with E-state index in [9.17, 15) is 14.9 Å². The van der Waals surface area contributed by atoms with Gasteiger partial charge in [-0.1, -0.05) is 0 Å². The number of ether oxygens (including phenoxy) is 2. The maximum absolute atomic E-state index is 12.3. The summed E-state index contributed by atoms with van der Waals surface area (Å²) in [7, 11) is 2.96. The van der Waals surface area contributed by atoms with E-state index >= 15 is 0 Å². The fraction of sp³-hybridized carbons (Fsp3) is 0.533. The van der Waals surface area contributed by atoms with Gasteiger partial charge in [-0.3, -0.25) is 14.9 Å². The number of carbonyl (C=O) groups is 1. The van der Waals surface area contributed by atoms with Crippen molar-refractivity contribution in [2.45, 2.75) is 18.4 Å². The van der Waals surface area contributed by atoms with Crippen LogP contribution in [-0.2, 0) is 4.74 Å². The van der Waals surface area contributed by atoms with Crippen molar-refractivity contribution in [3.8, 4) is 5.75 Å². The number of nitrogens with zero attached hydrogens (tertiary/aromatic N) is 1. The van der Waals surface area contributed by atoms with E-state index in [4.69, 9.17) is 9.47 Å². The number of nitro groups is 1. The molecule has 0 saturated carbocycles. The van der Waals surface area contributed by atoms with Gasteiger partial charge in [0.2, 0.25) is 0 Å². The van der Waals surface area contributed by atoms with Gasteiger partial charge in [-0.05, 0) is 25.5 Å². The third-order valence-corrected chi connectivity index (χ3v) is 3.98. The van der Waals surface area contributed by atoms with Crippen molar-refractivity contribution >= 4 is 11.6 Å². The smallest absolute Gasteiger partial charge is 0.310 e. The number of carbonyl (C=O) groups excluding carboxylic acids is 1. The second kappa shape index (κ2) is 7.38. The lowest BCUT2D eigenvalue weighted by Gasteiger charge is -2.29. The van der Waals surface area contributed by atoms with Gasteiger partial charge in [0, 0.05) is 31.4 Å². The molecule has 1 saturated heterocycles. The number of rotatable bonds is 7. The van der Waals surface area contributed by atoms with E-state index in [1.807, 2.05) is 0 Å². The van der Waals surface area contributed by atoms with E-state index in [-0.39, 0.29) is 22.9 Å². The van der Waals surface area contributed by atoms with Crippen LogP contribution in [0.25, 0.3) is 0 Å². The molecule has 126 valence electrons. The van der Waals surface area contributed by atoms with Crippen LogP contribution in [0.1, 0.15) is 23.2 Å². The predicted octanol–water partition coefficient (Wildman–Crippen LogP) is 1.10. The van der Waals surface area contributed by atoms with E-state index in [0.29, 0.717) is 18.7 Å². The Kier molecular flexibility index (Phi) is 5.51. The lowest BCUT2D eigenvalue weighted by Crippen LogP contribution is -2.53. The minimum absolute atomic E-state index is 0.0632. The molecule has 0 aromatic heterocycles. The second-order valence-electron chi connectivity index (χ2n) is 5.57. The quantitative estimate of drug-likeness (QED) is 0.575. The Balaban J connectivity index is 2.07. The van der Waals surface area contributed by atoms with Crippen molar-refractivity contribution in [3.63, 3.8) is 0 Å². The zero-order valence-electron chi connectivity index (χ0n) is 13.3. The van der Waals surface area contributed by atoms with E-state index in [1.165, 1.54) is 25.3 Å². The highest BCUT2D eigenvalue weighted by Crippen LogP contribution is 2.27. The van der Waals surface area contributed by atoms with Crippen LogP contribution in [0, 0.1) is 10.1 Å². The van der Waals surface area contributed by atoms with Crippen LogP contribution in [0.15, 0.2) is 18.2 Å². The van der Waals surface area contributed by atoms with E-state index in [1.54, 1.807) is 7.11 Å². The number of nitro benzene ring substituents is 1. The molecule has 0 radical (unpaired) electrons. The van der Waals surface area contributed by atoms with Crippen molar-refractivity contribution in [1.82, 2.24) is 10.6 Å². The number of amides is 1. The molecule has 1 atom stereocenters. The van der Waals surface area contributed by atoms with Gasteiger partial charge in [0.1, 0.15) is 0 Å². The predicted molar refractivity (Wildman–Crippen MR) is 83.8 cm³/mol. The SMILES string of the molecule is COCC1(CNC(=O)c2ccc([N+](=O)[O-])c(OC)c2)CCCN1. The van der Waals surface area contributed by atoms with Crippen LogP contribution in [-0.4, -0.2) is 50.3 Å². The molecule has 1 amide bonds. The molecule has 8 heteroatoms. The molecule has 1 heterocycles.